The van der Waals surface area contributed by atoms with Gasteiger partial charge >= 0.3 is 5.97 Å². The molecule has 1 N–H and O–H groups in total. The average molecular weight is 443 g/mol. The van der Waals surface area contributed by atoms with Crippen molar-refractivity contribution in [1.29, 1.82) is 0 Å². The summed E-state index contributed by atoms with van der Waals surface area (Å²) in [5.41, 5.74) is 3.23. The molecule has 6 nitrogen and oxygen atoms in total. The Morgan fingerprint density at radius 3 is 2.23 bits per heavy atom. The number of nitrogens with one attached hydrogen (secondary N) is 1. The maximum Gasteiger partial charge on any atom is 0.343 e. The maximum absolute atomic E-state index is 12.3. The van der Waals surface area contributed by atoms with Gasteiger partial charge in [-0.3, -0.25) is 4.79 Å². The van der Waals surface area contributed by atoms with Crippen molar-refractivity contribution < 1.29 is 19.1 Å². The number of ether oxygens (including phenoxy) is 2. The van der Waals surface area contributed by atoms with Gasteiger partial charge in [-0.05, 0) is 60.7 Å². The van der Waals surface area contributed by atoms with Crippen LogP contribution in [0.25, 0.3) is 0 Å². The fourth-order valence-electron chi connectivity index (χ4n) is 2.31. The molecule has 152 valence electrons. The standard InChI is InChI=1S/C22H16Cl2N2O4/c23-17-7-5-15(6-8-17)22(28)30-20-4-2-1-3-16(20)13-25-26-21(27)14-29-19-11-9-18(24)10-12-19/h1-13H,14H2,(H,26,27)/b25-13-. The molecule has 8 heteroatoms. The summed E-state index contributed by atoms with van der Waals surface area (Å²) in [6.45, 7) is -0.216. The van der Waals surface area contributed by atoms with Crippen LogP contribution in [0.1, 0.15) is 15.9 Å². The minimum atomic E-state index is -0.534. The lowest BCUT2D eigenvalue weighted by atomic mass is 10.2. The molecule has 30 heavy (non-hydrogen) atoms. The van der Waals surface area contributed by atoms with Crippen molar-refractivity contribution in [2.75, 3.05) is 6.61 Å². The Labute approximate surface area is 183 Å². The van der Waals surface area contributed by atoms with E-state index in [2.05, 4.69) is 10.5 Å². The molecule has 3 aromatic rings. The molecule has 0 bridgehead atoms. The van der Waals surface area contributed by atoms with E-state index in [0.717, 1.165) is 0 Å². The normalized spacial score (nSPS) is 10.6. The Balaban J connectivity index is 1.56. The molecule has 0 atom stereocenters. The SMILES string of the molecule is O=C(COc1ccc(Cl)cc1)N/N=C\c1ccccc1OC(=O)c1ccc(Cl)cc1. The van der Waals surface area contributed by atoms with Gasteiger partial charge in [-0.15, -0.1) is 0 Å². The number of hydrazone groups is 1. The zero-order valence-electron chi connectivity index (χ0n) is 15.5. The van der Waals surface area contributed by atoms with Crippen LogP contribution in [0.4, 0.5) is 0 Å². The van der Waals surface area contributed by atoms with Crippen molar-refractivity contribution >= 4 is 41.3 Å². The minimum absolute atomic E-state index is 0.216. The molecule has 0 aliphatic heterocycles. The van der Waals surface area contributed by atoms with E-state index >= 15 is 0 Å². The van der Waals surface area contributed by atoms with Gasteiger partial charge in [0.2, 0.25) is 0 Å². The zero-order valence-corrected chi connectivity index (χ0v) is 17.1. The molecule has 0 aromatic heterocycles. The number of hydrogen-bond acceptors (Lipinski definition) is 5. The van der Waals surface area contributed by atoms with Crippen LogP contribution in [-0.2, 0) is 4.79 Å². The van der Waals surface area contributed by atoms with Gasteiger partial charge in [-0.25, -0.2) is 10.2 Å². The Morgan fingerprint density at radius 1 is 0.900 bits per heavy atom. The summed E-state index contributed by atoms with van der Waals surface area (Å²) < 4.78 is 10.8. The quantitative estimate of drug-likeness (QED) is 0.248. The molecule has 0 saturated heterocycles. The van der Waals surface area contributed by atoms with Crippen LogP contribution in [-0.4, -0.2) is 24.7 Å². The molecule has 0 heterocycles. The molecule has 0 saturated carbocycles. The van der Waals surface area contributed by atoms with Gasteiger partial charge in [0.1, 0.15) is 11.5 Å². The van der Waals surface area contributed by atoms with E-state index in [0.29, 0.717) is 32.7 Å². The number of carbonyl (C=O) groups is 2. The summed E-state index contributed by atoms with van der Waals surface area (Å²) in [6, 6.07) is 19.8. The van der Waals surface area contributed by atoms with Gasteiger partial charge in [0.25, 0.3) is 5.91 Å². The van der Waals surface area contributed by atoms with E-state index in [1.165, 1.54) is 6.21 Å². The van der Waals surface area contributed by atoms with Crippen LogP contribution < -0.4 is 14.9 Å². The Morgan fingerprint density at radius 2 is 1.53 bits per heavy atom. The van der Waals surface area contributed by atoms with Gasteiger partial charge in [-0.1, -0.05) is 35.3 Å². The summed E-state index contributed by atoms with van der Waals surface area (Å²) in [6.07, 6.45) is 1.38. The maximum atomic E-state index is 12.3. The summed E-state index contributed by atoms with van der Waals surface area (Å²) in [4.78, 5) is 24.2. The number of para-hydroxylation sites is 1. The van der Waals surface area contributed by atoms with Crippen molar-refractivity contribution in [2.45, 2.75) is 0 Å². The Bertz CT molecular complexity index is 1050. The van der Waals surface area contributed by atoms with Crippen molar-refractivity contribution in [2.24, 2.45) is 5.10 Å². The summed E-state index contributed by atoms with van der Waals surface area (Å²) >= 11 is 11.6. The molecular weight excluding hydrogens is 427 g/mol. The van der Waals surface area contributed by atoms with Crippen molar-refractivity contribution in [3.05, 3.63) is 94.0 Å². The van der Waals surface area contributed by atoms with Crippen molar-refractivity contribution in [3.63, 3.8) is 0 Å². The van der Waals surface area contributed by atoms with Gasteiger partial charge in [0, 0.05) is 15.6 Å². The molecule has 0 fully saturated rings. The largest absolute Gasteiger partial charge is 0.484 e. The topological polar surface area (TPSA) is 77.0 Å². The number of carbonyl (C=O) groups excluding carboxylic acids is 2. The third-order valence-electron chi connectivity index (χ3n) is 3.78. The van der Waals surface area contributed by atoms with Crippen molar-refractivity contribution in [1.82, 2.24) is 5.43 Å². The van der Waals surface area contributed by atoms with E-state index in [4.69, 9.17) is 32.7 Å². The monoisotopic (exact) mass is 442 g/mol. The second-order valence-corrected chi connectivity index (χ2v) is 6.84. The van der Waals surface area contributed by atoms with Crippen LogP contribution in [0, 0.1) is 0 Å². The van der Waals surface area contributed by atoms with E-state index in [-0.39, 0.29) is 6.61 Å². The predicted octanol–water partition coefficient (Wildman–Crippen LogP) is 4.74. The number of esters is 1. The summed E-state index contributed by atoms with van der Waals surface area (Å²) in [5.74, 6) is -0.171. The first kappa shape index (κ1) is 21.4. The van der Waals surface area contributed by atoms with Gasteiger partial charge in [-0.2, -0.15) is 5.10 Å². The first-order valence-corrected chi connectivity index (χ1v) is 9.54. The van der Waals surface area contributed by atoms with E-state index in [9.17, 15) is 9.59 Å². The highest BCUT2D eigenvalue weighted by Crippen LogP contribution is 2.19. The number of benzene rings is 3. The number of rotatable bonds is 7. The third kappa shape index (κ3) is 6.34. The highest BCUT2D eigenvalue weighted by atomic mass is 35.5. The molecular formula is C22H16Cl2N2O4. The molecule has 0 aliphatic carbocycles. The van der Waals surface area contributed by atoms with Gasteiger partial charge < -0.3 is 9.47 Å². The fraction of sp³-hybridized carbons (Fsp3) is 0.0455. The first-order chi connectivity index (χ1) is 14.5. The number of nitrogens with zero attached hydrogens (tertiary/aromatic N) is 1. The van der Waals surface area contributed by atoms with Gasteiger partial charge in [0.15, 0.2) is 6.61 Å². The number of halogens is 2. The second-order valence-electron chi connectivity index (χ2n) is 5.97. The third-order valence-corrected chi connectivity index (χ3v) is 4.28. The van der Waals surface area contributed by atoms with Crippen LogP contribution in [0.15, 0.2) is 77.9 Å². The Hall–Kier alpha value is -3.35. The second kappa shape index (κ2) is 10.4. The first-order valence-electron chi connectivity index (χ1n) is 8.78. The lowest BCUT2D eigenvalue weighted by molar-refractivity contribution is -0.123. The molecule has 3 aromatic carbocycles. The molecule has 1 amide bonds. The molecule has 0 aliphatic rings. The zero-order chi connectivity index (χ0) is 21.3. The minimum Gasteiger partial charge on any atom is -0.484 e. The van der Waals surface area contributed by atoms with Crippen LogP contribution in [0.5, 0.6) is 11.5 Å². The Kier molecular flexibility index (Phi) is 7.43. The van der Waals surface area contributed by atoms with Crippen LogP contribution in [0.2, 0.25) is 10.0 Å². The van der Waals surface area contributed by atoms with E-state index in [1.54, 1.807) is 72.8 Å². The number of hydrogen-bond donors (Lipinski definition) is 1. The van der Waals surface area contributed by atoms with Crippen molar-refractivity contribution in [3.8, 4) is 11.5 Å². The van der Waals surface area contributed by atoms with Gasteiger partial charge in [0.05, 0.1) is 11.8 Å². The lowest BCUT2D eigenvalue weighted by Crippen LogP contribution is -2.24. The van der Waals surface area contributed by atoms with E-state index in [1.807, 2.05) is 0 Å². The smallest absolute Gasteiger partial charge is 0.343 e. The van der Waals surface area contributed by atoms with Crippen LogP contribution in [0.3, 0.4) is 0 Å². The molecule has 0 radical (unpaired) electrons. The molecule has 0 spiro atoms. The highest BCUT2D eigenvalue weighted by Gasteiger charge is 2.11. The van der Waals surface area contributed by atoms with Crippen LogP contribution >= 0.6 is 23.2 Å². The molecule has 3 rings (SSSR count). The number of amides is 1. The average Bonchev–Trinajstić information content (AvgIpc) is 2.75. The highest BCUT2D eigenvalue weighted by molar-refractivity contribution is 6.30. The summed E-state index contributed by atoms with van der Waals surface area (Å²) in [7, 11) is 0. The van der Waals surface area contributed by atoms with E-state index < -0.39 is 11.9 Å². The molecule has 0 unspecified atom stereocenters. The fourth-order valence-corrected chi connectivity index (χ4v) is 2.56. The predicted molar refractivity (Wildman–Crippen MR) is 116 cm³/mol. The lowest BCUT2D eigenvalue weighted by Gasteiger charge is -2.07. The summed E-state index contributed by atoms with van der Waals surface area (Å²) in [5, 5.41) is 4.98.